The van der Waals surface area contributed by atoms with Crippen LogP contribution in [0, 0.1) is 0 Å². The van der Waals surface area contributed by atoms with Crippen LogP contribution in [0.4, 0.5) is 0 Å². The molecule has 0 aliphatic heterocycles. The second-order valence-corrected chi connectivity index (χ2v) is 10.2. The molecule has 0 radical (unpaired) electrons. The van der Waals surface area contributed by atoms with E-state index in [1.807, 2.05) is 0 Å². The molecule has 0 aromatic heterocycles. The molecule has 19 heteroatoms. The lowest BCUT2D eigenvalue weighted by Crippen LogP contribution is -2.25. The molecule has 0 aliphatic carbocycles. The molecular weight excluding hydrogens is 686 g/mol. The monoisotopic (exact) mass is 743 g/mol. The lowest BCUT2D eigenvalue weighted by molar-refractivity contribution is -0.151. The van der Waals surface area contributed by atoms with Crippen molar-refractivity contribution in [3.8, 4) is 0 Å². The summed E-state index contributed by atoms with van der Waals surface area (Å²) in [6.45, 7) is 8.74. The summed E-state index contributed by atoms with van der Waals surface area (Å²) < 4.78 is 58.8. The third-order valence-electron chi connectivity index (χ3n) is 5.99. The quantitative estimate of drug-likeness (QED) is 0.0406. The van der Waals surface area contributed by atoms with Crippen molar-refractivity contribution in [1.29, 1.82) is 0 Å². The van der Waals surface area contributed by atoms with E-state index in [4.69, 9.17) is 62.3 Å². The zero-order valence-corrected chi connectivity index (χ0v) is 29.5. The van der Waals surface area contributed by atoms with Crippen molar-refractivity contribution >= 4 is 29.6 Å². The van der Waals surface area contributed by atoms with Gasteiger partial charge >= 0.3 is 17.9 Å². The van der Waals surface area contributed by atoms with Gasteiger partial charge in [-0.2, -0.15) is 0 Å². The number of carboxylic acids is 2. The maximum absolute atomic E-state index is 11.4. The summed E-state index contributed by atoms with van der Waals surface area (Å²) in [6.07, 6.45) is -0.232. The van der Waals surface area contributed by atoms with Gasteiger partial charge in [0.1, 0.15) is 6.61 Å². The Kier molecular flexibility index (Phi) is 36.2. The molecule has 0 saturated carbocycles. The maximum Gasteiger partial charge on any atom is 0.372 e. The van der Waals surface area contributed by atoms with Gasteiger partial charge in [0, 0.05) is 26.0 Å². The van der Waals surface area contributed by atoms with E-state index in [9.17, 15) is 24.0 Å². The number of hydrogen-bond donors (Lipinski definition) is 3. The average molecular weight is 744 g/mol. The van der Waals surface area contributed by atoms with Gasteiger partial charge in [0.05, 0.1) is 138 Å². The van der Waals surface area contributed by atoms with E-state index in [0.717, 1.165) is 0 Å². The number of esters is 1. The van der Waals surface area contributed by atoms with E-state index in [2.05, 4.69) is 5.32 Å². The van der Waals surface area contributed by atoms with Gasteiger partial charge in [-0.15, -0.1) is 0 Å². The van der Waals surface area contributed by atoms with Gasteiger partial charge in [-0.1, -0.05) is 0 Å². The Hall–Kier alpha value is -2.85. The number of carbonyl (C=O) groups excluding carboxylic acids is 3. The molecule has 0 fully saturated rings. The highest BCUT2D eigenvalue weighted by Gasteiger charge is 2.14. The number of ether oxygens (including phenoxy) is 11. The summed E-state index contributed by atoms with van der Waals surface area (Å²) in [5, 5.41) is 19.6. The van der Waals surface area contributed by atoms with Crippen molar-refractivity contribution in [3.63, 3.8) is 0 Å². The Morgan fingerprint density at radius 3 is 1.06 bits per heavy atom. The van der Waals surface area contributed by atoms with Crippen LogP contribution in [-0.2, 0) is 76.1 Å². The number of carbonyl (C=O) groups is 5. The molecule has 0 unspecified atom stereocenters. The molecule has 51 heavy (non-hydrogen) atoms. The molecule has 1 amide bonds. The van der Waals surface area contributed by atoms with Crippen LogP contribution in [-0.4, -0.2) is 185 Å². The van der Waals surface area contributed by atoms with Crippen molar-refractivity contribution in [2.24, 2.45) is 0 Å². The predicted octanol–water partition coefficient (Wildman–Crippen LogP) is -0.499. The minimum Gasteiger partial charge on any atom is -0.481 e. The second kappa shape index (κ2) is 38.4. The lowest BCUT2D eigenvalue weighted by atomic mass is 10.2. The Labute approximate surface area is 298 Å². The molecular formula is C32H57NO18. The van der Waals surface area contributed by atoms with Gasteiger partial charge in [-0.05, 0) is 6.42 Å². The van der Waals surface area contributed by atoms with Crippen molar-refractivity contribution in [2.75, 3.05) is 145 Å². The van der Waals surface area contributed by atoms with E-state index >= 15 is 0 Å². The van der Waals surface area contributed by atoms with Crippen LogP contribution in [0.15, 0.2) is 0 Å². The van der Waals surface area contributed by atoms with Crippen LogP contribution in [0.5, 0.6) is 0 Å². The van der Waals surface area contributed by atoms with E-state index in [1.54, 1.807) is 0 Å². The minimum atomic E-state index is -1.57. The van der Waals surface area contributed by atoms with Gasteiger partial charge in [0.2, 0.25) is 11.7 Å². The van der Waals surface area contributed by atoms with Crippen LogP contribution in [0.1, 0.15) is 32.1 Å². The number of carboxylic acid groups (broad SMARTS) is 2. The number of hydrogen-bond acceptors (Lipinski definition) is 16. The van der Waals surface area contributed by atoms with Gasteiger partial charge in [-0.3, -0.25) is 19.2 Å². The summed E-state index contributed by atoms with van der Waals surface area (Å²) in [5.74, 6) is -4.53. The molecule has 19 nitrogen and oxygen atoms in total. The molecule has 298 valence electrons. The maximum atomic E-state index is 11.4. The number of amides is 1. The van der Waals surface area contributed by atoms with E-state index in [1.165, 1.54) is 0 Å². The number of rotatable bonds is 41. The normalized spacial score (nSPS) is 11.1. The molecule has 0 spiro atoms. The van der Waals surface area contributed by atoms with E-state index < -0.39 is 30.1 Å². The molecule has 0 rings (SSSR count). The number of Topliss-reactive ketones (excluding diaryl/α,β-unsaturated/α-hetero) is 1. The highest BCUT2D eigenvalue weighted by molar-refractivity contribution is 6.32. The van der Waals surface area contributed by atoms with Crippen LogP contribution in [0.2, 0.25) is 0 Å². The summed E-state index contributed by atoms with van der Waals surface area (Å²) in [5.41, 5.74) is 0. The van der Waals surface area contributed by atoms with Crippen molar-refractivity contribution in [1.82, 2.24) is 5.32 Å². The molecule has 0 saturated heterocycles. The minimum absolute atomic E-state index is 0.00488. The number of nitrogens with one attached hydrogen (secondary N) is 1. The topological polar surface area (TPSA) is 239 Å². The molecule has 0 aliphatic rings. The van der Waals surface area contributed by atoms with Crippen molar-refractivity contribution in [3.05, 3.63) is 0 Å². The van der Waals surface area contributed by atoms with Gasteiger partial charge in [0.15, 0.2) is 0 Å². The standard InChI is InChI=1S/C32H57NO18/c34-28(32(39)40)2-5-31(38)51-27-26-50-25-24-49-23-22-48-21-20-47-19-18-46-17-16-45-15-14-44-13-12-43-11-10-42-9-8-41-7-1-6-33-29(35)3-4-30(36)37/h1-27H2,(H,33,35)(H,36,37)(H,39,40). The molecule has 0 heterocycles. The zero-order valence-electron chi connectivity index (χ0n) is 29.5. The summed E-state index contributed by atoms with van der Waals surface area (Å²) in [7, 11) is 0. The SMILES string of the molecule is O=C(O)CCC(=O)NCCCOCCOCCOCCOCCOCCOCCOCCOCCOCCOCCOC(=O)CCC(=O)C(=O)O. The third-order valence-corrected chi connectivity index (χ3v) is 5.99. The molecule has 0 aromatic carbocycles. The first-order valence-electron chi connectivity index (χ1n) is 17.0. The fraction of sp³-hybridized carbons (Fsp3) is 0.844. The fourth-order valence-electron chi connectivity index (χ4n) is 3.40. The smallest absolute Gasteiger partial charge is 0.372 e. The predicted molar refractivity (Wildman–Crippen MR) is 176 cm³/mol. The van der Waals surface area contributed by atoms with Crippen molar-refractivity contribution in [2.45, 2.75) is 32.1 Å². The van der Waals surface area contributed by atoms with Crippen LogP contribution >= 0.6 is 0 Å². The van der Waals surface area contributed by atoms with Gasteiger partial charge in [-0.25, -0.2) is 4.79 Å². The first-order chi connectivity index (χ1) is 24.8. The third kappa shape index (κ3) is 39.8. The Balaban J connectivity index is 3.15. The fourth-order valence-corrected chi connectivity index (χ4v) is 3.40. The van der Waals surface area contributed by atoms with Gasteiger partial charge < -0.3 is 67.6 Å². The Bertz CT molecular complexity index is 877. The second-order valence-electron chi connectivity index (χ2n) is 10.2. The van der Waals surface area contributed by atoms with Crippen molar-refractivity contribution < 1.29 is 86.3 Å². The molecule has 0 aromatic rings. The van der Waals surface area contributed by atoms with E-state index in [-0.39, 0.29) is 38.4 Å². The van der Waals surface area contributed by atoms with E-state index in [0.29, 0.717) is 138 Å². The zero-order chi connectivity index (χ0) is 37.5. The largest absolute Gasteiger partial charge is 0.481 e. The molecule has 3 N–H and O–H groups in total. The highest BCUT2D eigenvalue weighted by atomic mass is 16.6. The van der Waals surface area contributed by atoms with Crippen LogP contribution in [0.3, 0.4) is 0 Å². The molecule has 0 bridgehead atoms. The number of ketones is 1. The number of aliphatic carboxylic acids is 2. The average Bonchev–Trinajstić information content (AvgIpc) is 3.11. The summed E-state index contributed by atoms with van der Waals surface area (Å²) in [4.78, 5) is 54.4. The van der Waals surface area contributed by atoms with Crippen LogP contribution in [0.25, 0.3) is 0 Å². The first-order valence-corrected chi connectivity index (χ1v) is 17.0. The summed E-state index contributed by atoms with van der Waals surface area (Å²) >= 11 is 0. The molecule has 0 atom stereocenters. The Morgan fingerprint density at radius 1 is 0.392 bits per heavy atom. The first kappa shape index (κ1) is 48.1. The van der Waals surface area contributed by atoms with Crippen LogP contribution < -0.4 is 5.32 Å². The Morgan fingerprint density at radius 2 is 0.725 bits per heavy atom. The summed E-state index contributed by atoms with van der Waals surface area (Å²) in [6, 6.07) is 0. The van der Waals surface area contributed by atoms with Gasteiger partial charge in [0.25, 0.3) is 0 Å². The lowest BCUT2D eigenvalue weighted by Gasteiger charge is -2.09. The highest BCUT2D eigenvalue weighted by Crippen LogP contribution is 1.95.